The maximum Gasteiger partial charge on any atom is 0.132 e. The summed E-state index contributed by atoms with van der Waals surface area (Å²) < 4.78 is 11.6. The van der Waals surface area contributed by atoms with Crippen molar-refractivity contribution in [3.05, 3.63) is 102 Å². The highest BCUT2D eigenvalue weighted by Gasteiger charge is 2.30. The topological polar surface area (TPSA) is 18.5 Å². The van der Waals surface area contributed by atoms with Crippen molar-refractivity contribution in [1.82, 2.24) is 0 Å². The Bertz CT molecular complexity index is 1100. The summed E-state index contributed by atoms with van der Waals surface area (Å²) in [5.41, 5.74) is 3.66. The zero-order chi connectivity index (χ0) is 17.5. The molecule has 26 heavy (non-hydrogen) atoms. The third kappa shape index (κ3) is 2.26. The second kappa shape index (κ2) is 5.92. The first-order valence-electron chi connectivity index (χ1n) is 8.77. The zero-order valence-corrected chi connectivity index (χ0v) is 14.5. The standard InChI is InChI=1S/C24H18O2/c1-25-18-13-10-17(11-14-18)23-20-8-4-5-9-21(20)26-22-15-12-16-6-2-3-7-19(16)24(22)23/h2-15,23H,1H3. The van der Waals surface area contributed by atoms with E-state index in [0.717, 1.165) is 17.2 Å². The van der Waals surface area contributed by atoms with Gasteiger partial charge < -0.3 is 9.47 Å². The minimum atomic E-state index is 0.131. The van der Waals surface area contributed by atoms with Crippen LogP contribution in [0.4, 0.5) is 0 Å². The van der Waals surface area contributed by atoms with Gasteiger partial charge in [-0.3, -0.25) is 0 Å². The normalized spacial score (nSPS) is 15.0. The van der Waals surface area contributed by atoms with Crippen LogP contribution in [0.3, 0.4) is 0 Å². The van der Waals surface area contributed by atoms with Crippen LogP contribution >= 0.6 is 0 Å². The van der Waals surface area contributed by atoms with Gasteiger partial charge >= 0.3 is 0 Å². The van der Waals surface area contributed by atoms with Gasteiger partial charge in [0.15, 0.2) is 0 Å². The van der Waals surface area contributed by atoms with Gasteiger partial charge in [-0.05, 0) is 40.6 Å². The van der Waals surface area contributed by atoms with Crippen LogP contribution in [-0.2, 0) is 0 Å². The summed E-state index contributed by atoms with van der Waals surface area (Å²) in [5, 5.41) is 2.47. The average molecular weight is 338 g/mol. The Kier molecular flexibility index (Phi) is 3.42. The van der Waals surface area contributed by atoms with Gasteiger partial charge in [0.25, 0.3) is 0 Å². The Balaban J connectivity index is 1.81. The van der Waals surface area contributed by atoms with Gasteiger partial charge in [-0.15, -0.1) is 0 Å². The van der Waals surface area contributed by atoms with Gasteiger partial charge in [0.05, 0.1) is 7.11 Å². The minimum Gasteiger partial charge on any atom is -0.497 e. The third-order valence-corrected chi connectivity index (χ3v) is 5.12. The molecule has 0 N–H and O–H groups in total. The highest BCUT2D eigenvalue weighted by Crippen LogP contribution is 2.49. The van der Waals surface area contributed by atoms with Gasteiger partial charge in [-0.25, -0.2) is 0 Å². The maximum atomic E-state index is 6.26. The van der Waals surface area contributed by atoms with Crippen LogP contribution in [0.15, 0.2) is 84.9 Å². The van der Waals surface area contributed by atoms with Crippen molar-refractivity contribution in [2.75, 3.05) is 7.11 Å². The Morgan fingerprint density at radius 2 is 1.50 bits per heavy atom. The summed E-state index contributed by atoms with van der Waals surface area (Å²) in [6, 6.07) is 29.4. The van der Waals surface area contributed by atoms with Gasteiger partial charge in [0.1, 0.15) is 17.2 Å². The van der Waals surface area contributed by atoms with Crippen molar-refractivity contribution in [2.45, 2.75) is 5.92 Å². The van der Waals surface area contributed by atoms with Crippen LogP contribution in [0, 0.1) is 0 Å². The van der Waals surface area contributed by atoms with E-state index < -0.39 is 0 Å². The van der Waals surface area contributed by atoms with Crippen LogP contribution in [0.2, 0.25) is 0 Å². The molecule has 0 aliphatic carbocycles. The first-order valence-corrected chi connectivity index (χ1v) is 8.77. The Morgan fingerprint density at radius 1 is 0.731 bits per heavy atom. The monoisotopic (exact) mass is 338 g/mol. The molecule has 0 bridgehead atoms. The highest BCUT2D eigenvalue weighted by molar-refractivity contribution is 5.90. The summed E-state index contributed by atoms with van der Waals surface area (Å²) >= 11 is 0. The van der Waals surface area contributed by atoms with Crippen molar-refractivity contribution >= 4 is 10.8 Å². The number of ether oxygens (including phenoxy) is 2. The average Bonchev–Trinajstić information content (AvgIpc) is 2.72. The molecule has 2 nitrogen and oxygen atoms in total. The fourth-order valence-corrected chi connectivity index (χ4v) is 3.89. The molecule has 4 aromatic rings. The number of methoxy groups -OCH3 is 1. The Morgan fingerprint density at radius 3 is 2.35 bits per heavy atom. The predicted octanol–water partition coefficient (Wildman–Crippen LogP) is 6.13. The molecule has 1 aliphatic heterocycles. The van der Waals surface area contributed by atoms with Crippen molar-refractivity contribution in [2.24, 2.45) is 0 Å². The van der Waals surface area contributed by atoms with Crippen LogP contribution in [0.5, 0.6) is 17.2 Å². The molecular formula is C24H18O2. The van der Waals surface area contributed by atoms with Gasteiger partial charge in [-0.2, -0.15) is 0 Å². The number of fused-ring (bicyclic) bond motifs is 4. The molecule has 1 heterocycles. The second-order valence-corrected chi connectivity index (χ2v) is 6.54. The minimum absolute atomic E-state index is 0.131. The molecular weight excluding hydrogens is 320 g/mol. The largest absolute Gasteiger partial charge is 0.497 e. The number of hydrogen-bond donors (Lipinski definition) is 0. The summed E-state index contributed by atoms with van der Waals surface area (Å²) in [6.45, 7) is 0. The summed E-state index contributed by atoms with van der Waals surface area (Å²) in [7, 11) is 1.70. The first kappa shape index (κ1) is 15.0. The molecule has 0 spiro atoms. The molecule has 1 unspecified atom stereocenters. The van der Waals surface area contributed by atoms with Crippen molar-refractivity contribution < 1.29 is 9.47 Å². The second-order valence-electron chi connectivity index (χ2n) is 6.54. The SMILES string of the molecule is COc1ccc(C2c3ccccc3Oc3ccc4ccccc4c32)cc1. The van der Waals surface area contributed by atoms with E-state index in [4.69, 9.17) is 9.47 Å². The van der Waals surface area contributed by atoms with Crippen LogP contribution in [0.1, 0.15) is 22.6 Å². The van der Waals surface area contributed by atoms with Gasteiger partial charge in [0, 0.05) is 17.0 Å². The van der Waals surface area contributed by atoms with E-state index in [1.165, 1.54) is 27.5 Å². The van der Waals surface area contributed by atoms with E-state index in [9.17, 15) is 0 Å². The molecule has 1 aliphatic rings. The molecule has 0 radical (unpaired) electrons. The molecule has 5 rings (SSSR count). The molecule has 0 saturated heterocycles. The molecule has 0 fully saturated rings. The fourth-order valence-electron chi connectivity index (χ4n) is 3.89. The number of hydrogen-bond acceptors (Lipinski definition) is 2. The number of benzene rings is 4. The number of rotatable bonds is 2. The van der Waals surface area contributed by atoms with E-state index in [1.54, 1.807) is 7.11 Å². The van der Waals surface area contributed by atoms with E-state index >= 15 is 0 Å². The number of para-hydroxylation sites is 1. The zero-order valence-electron chi connectivity index (χ0n) is 14.5. The summed E-state index contributed by atoms with van der Waals surface area (Å²) in [5.74, 6) is 2.86. The fraction of sp³-hybridized carbons (Fsp3) is 0.0833. The summed E-state index contributed by atoms with van der Waals surface area (Å²) in [4.78, 5) is 0. The molecule has 0 amide bonds. The van der Waals surface area contributed by atoms with E-state index in [0.29, 0.717) is 0 Å². The molecule has 1 atom stereocenters. The van der Waals surface area contributed by atoms with Crippen molar-refractivity contribution in [1.29, 1.82) is 0 Å². The molecule has 126 valence electrons. The van der Waals surface area contributed by atoms with Crippen LogP contribution < -0.4 is 9.47 Å². The van der Waals surface area contributed by atoms with Crippen molar-refractivity contribution in [3.8, 4) is 17.2 Å². The first-order chi connectivity index (χ1) is 12.8. The third-order valence-electron chi connectivity index (χ3n) is 5.12. The lowest BCUT2D eigenvalue weighted by atomic mass is 9.80. The molecule has 4 aromatic carbocycles. The lowest BCUT2D eigenvalue weighted by molar-refractivity contribution is 0.414. The van der Waals surface area contributed by atoms with E-state index in [1.807, 2.05) is 24.3 Å². The Labute approximate surface area is 152 Å². The Hall–Kier alpha value is -3.26. The van der Waals surface area contributed by atoms with Crippen molar-refractivity contribution in [3.63, 3.8) is 0 Å². The van der Waals surface area contributed by atoms with Gasteiger partial charge in [-0.1, -0.05) is 60.7 Å². The molecule has 0 aromatic heterocycles. The lowest BCUT2D eigenvalue weighted by Crippen LogP contribution is -2.12. The quantitative estimate of drug-likeness (QED) is 0.385. The van der Waals surface area contributed by atoms with Crippen LogP contribution in [-0.4, -0.2) is 7.11 Å². The predicted molar refractivity (Wildman–Crippen MR) is 104 cm³/mol. The van der Waals surface area contributed by atoms with E-state index in [-0.39, 0.29) is 5.92 Å². The van der Waals surface area contributed by atoms with Crippen LogP contribution in [0.25, 0.3) is 10.8 Å². The van der Waals surface area contributed by atoms with Gasteiger partial charge in [0.2, 0.25) is 0 Å². The highest BCUT2D eigenvalue weighted by atomic mass is 16.5. The smallest absolute Gasteiger partial charge is 0.132 e. The van der Waals surface area contributed by atoms with E-state index in [2.05, 4.69) is 60.7 Å². The lowest BCUT2D eigenvalue weighted by Gasteiger charge is -2.30. The maximum absolute atomic E-state index is 6.26. The molecule has 0 saturated carbocycles. The molecule has 2 heteroatoms. The summed E-state index contributed by atoms with van der Waals surface area (Å²) in [6.07, 6.45) is 0.